The average Bonchev–Trinajstić information content (AvgIpc) is 2.99. The number of amides is 1. The van der Waals surface area contributed by atoms with Gasteiger partial charge in [0.15, 0.2) is 0 Å². The number of anilines is 1. The van der Waals surface area contributed by atoms with Gasteiger partial charge in [-0.1, -0.05) is 0 Å². The summed E-state index contributed by atoms with van der Waals surface area (Å²) in [5.41, 5.74) is 0.767. The second kappa shape index (κ2) is 10.2. The lowest BCUT2D eigenvalue weighted by atomic mass is 10.2. The number of hydrogen-bond acceptors (Lipinski definition) is 5. The van der Waals surface area contributed by atoms with Gasteiger partial charge in [0.2, 0.25) is 5.91 Å². The Hall–Kier alpha value is -1.99. The minimum absolute atomic E-state index is 0. The van der Waals surface area contributed by atoms with Gasteiger partial charge in [0.05, 0.1) is 25.9 Å². The van der Waals surface area contributed by atoms with Gasteiger partial charge >= 0.3 is 5.97 Å². The zero-order chi connectivity index (χ0) is 18.4. The molecular formula is C18H27ClN2O5. The normalized spacial score (nSPS) is 16.5. The van der Waals surface area contributed by atoms with Gasteiger partial charge in [0.25, 0.3) is 0 Å². The van der Waals surface area contributed by atoms with Crippen molar-refractivity contribution < 1.29 is 24.2 Å². The molecule has 26 heavy (non-hydrogen) atoms. The molecule has 0 aromatic heterocycles. The lowest BCUT2D eigenvalue weighted by Gasteiger charge is -2.24. The quantitative estimate of drug-likeness (QED) is 0.656. The molecule has 1 aromatic carbocycles. The highest BCUT2D eigenvalue weighted by molar-refractivity contribution is 5.99. The second-order valence-corrected chi connectivity index (χ2v) is 6.20. The Balaban J connectivity index is 0.00000338. The van der Waals surface area contributed by atoms with E-state index in [0.717, 1.165) is 18.5 Å². The van der Waals surface area contributed by atoms with Crippen LogP contribution in [0.3, 0.4) is 0 Å². The van der Waals surface area contributed by atoms with E-state index in [2.05, 4.69) is 0 Å². The molecule has 1 unspecified atom stereocenters. The second-order valence-electron chi connectivity index (χ2n) is 6.20. The van der Waals surface area contributed by atoms with Crippen LogP contribution in [0.15, 0.2) is 18.2 Å². The summed E-state index contributed by atoms with van der Waals surface area (Å²) in [5, 5.41) is 8.68. The first kappa shape index (κ1) is 22.1. The van der Waals surface area contributed by atoms with E-state index in [0.29, 0.717) is 31.0 Å². The number of carbonyl (C=O) groups is 2. The molecule has 2 rings (SSSR count). The van der Waals surface area contributed by atoms with Crippen LogP contribution < -0.4 is 14.4 Å². The minimum atomic E-state index is -0.780. The van der Waals surface area contributed by atoms with Gasteiger partial charge in [0.1, 0.15) is 11.5 Å². The number of carboxylic acids is 1. The monoisotopic (exact) mass is 386 g/mol. The third kappa shape index (κ3) is 5.51. The van der Waals surface area contributed by atoms with Crippen LogP contribution in [-0.2, 0) is 9.59 Å². The molecule has 1 heterocycles. The van der Waals surface area contributed by atoms with Gasteiger partial charge in [-0.05, 0) is 32.9 Å². The Morgan fingerprint density at radius 2 is 1.85 bits per heavy atom. The Labute approximate surface area is 160 Å². The lowest BCUT2D eigenvalue weighted by molar-refractivity contribution is -0.137. The lowest BCUT2D eigenvalue weighted by Crippen LogP contribution is -2.40. The minimum Gasteiger partial charge on any atom is -0.497 e. The molecule has 1 amide bonds. The van der Waals surface area contributed by atoms with E-state index in [1.165, 1.54) is 0 Å². The molecule has 7 nitrogen and oxygen atoms in total. The van der Waals surface area contributed by atoms with Crippen LogP contribution in [0.2, 0.25) is 0 Å². The highest BCUT2D eigenvalue weighted by atomic mass is 35.5. The molecule has 0 bridgehead atoms. The van der Waals surface area contributed by atoms with E-state index >= 15 is 0 Å². The number of benzene rings is 1. The first-order valence-corrected chi connectivity index (χ1v) is 8.42. The topological polar surface area (TPSA) is 79.3 Å². The Morgan fingerprint density at radius 1 is 1.23 bits per heavy atom. The predicted octanol–water partition coefficient (Wildman–Crippen LogP) is 2.42. The zero-order valence-electron chi connectivity index (χ0n) is 15.4. The van der Waals surface area contributed by atoms with E-state index in [1.807, 2.05) is 24.1 Å². The maximum absolute atomic E-state index is 12.8. The number of ether oxygens (including phenoxy) is 2. The average molecular weight is 387 g/mol. The van der Waals surface area contributed by atoms with Crippen LogP contribution >= 0.6 is 12.4 Å². The molecule has 1 aliphatic heterocycles. The molecule has 0 spiro atoms. The summed E-state index contributed by atoms with van der Waals surface area (Å²) in [6.07, 6.45) is 2.30. The summed E-state index contributed by atoms with van der Waals surface area (Å²) < 4.78 is 10.5. The smallest absolute Gasteiger partial charge is 0.303 e. The van der Waals surface area contributed by atoms with Crippen LogP contribution in [0.5, 0.6) is 11.5 Å². The number of hydrogen-bond donors (Lipinski definition) is 1. The highest BCUT2D eigenvalue weighted by Gasteiger charge is 2.35. The van der Waals surface area contributed by atoms with Gasteiger partial charge in [-0.15, -0.1) is 12.4 Å². The van der Waals surface area contributed by atoms with Crippen molar-refractivity contribution in [2.75, 3.05) is 39.3 Å². The fourth-order valence-electron chi connectivity index (χ4n) is 3.07. The summed E-state index contributed by atoms with van der Waals surface area (Å²) in [5.74, 6) is 0.564. The molecule has 1 fully saturated rings. The van der Waals surface area contributed by atoms with E-state index in [-0.39, 0.29) is 30.8 Å². The van der Waals surface area contributed by atoms with Crippen molar-refractivity contribution >= 4 is 30.0 Å². The largest absolute Gasteiger partial charge is 0.497 e. The Morgan fingerprint density at radius 3 is 2.38 bits per heavy atom. The first-order chi connectivity index (χ1) is 12.0. The molecule has 1 aliphatic rings. The number of rotatable bonds is 9. The maximum atomic E-state index is 12.8. The molecule has 1 N–H and O–H groups in total. The number of carboxylic acid groups (broad SMARTS) is 1. The predicted molar refractivity (Wildman–Crippen MR) is 102 cm³/mol. The van der Waals surface area contributed by atoms with Crippen LogP contribution in [0.25, 0.3) is 0 Å². The van der Waals surface area contributed by atoms with Crippen LogP contribution in [-0.4, -0.2) is 62.3 Å². The van der Waals surface area contributed by atoms with Crippen molar-refractivity contribution in [3.63, 3.8) is 0 Å². The third-order valence-electron chi connectivity index (χ3n) is 4.51. The molecule has 0 radical (unpaired) electrons. The molecule has 146 valence electrons. The van der Waals surface area contributed by atoms with Crippen LogP contribution in [0.4, 0.5) is 5.69 Å². The number of likely N-dealkylation sites (N-methyl/N-ethyl adjacent to an activating group) is 1. The summed E-state index contributed by atoms with van der Waals surface area (Å²) in [7, 11) is 5.08. The molecule has 1 atom stereocenters. The fraction of sp³-hybridized carbons (Fsp3) is 0.556. The number of nitrogens with zero attached hydrogens (tertiary/aromatic N) is 2. The van der Waals surface area contributed by atoms with Gasteiger partial charge in [-0.2, -0.15) is 0 Å². The Bertz CT molecular complexity index is 603. The van der Waals surface area contributed by atoms with E-state index in [1.54, 1.807) is 25.2 Å². The van der Waals surface area contributed by atoms with Crippen molar-refractivity contribution in [2.24, 2.45) is 0 Å². The zero-order valence-corrected chi connectivity index (χ0v) is 16.3. The molecule has 1 aromatic rings. The number of methoxy groups -OCH3 is 2. The summed E-state index contributed by atoms with van der Waals surface area (Å²) >= 11 is 0. The Kier molecular flexibility index (Phi) is 8.68. The van der Waals surface area contributed by atoms with Crippen LogP contribution in [0.1, 0.15) is 25.7 Å². The number of halogens is 1. The van der Waals surface area contributed by atoms with Gasteiger partial charge in [-0.3, -0.25) is 14.5 Å². The molecule has 1 saturated heterocycles. The summed E-state index contributed by atoms with van der Waals surface area (Å²) in [4.78, 5) is 27.1. The summed E-state index contributed by atoms with van der Waals surface area (Å²) in [6, 6.07) is 5.25. The molecular weight excluding hydrogens is 360 g/mol. The SMILES string of the molecule is COc1cc(OC)cc(N2CCC(N(C)CCCCC(=O)O)C2=O)c1.Cl. The van der Waals surface area contributed by atoms with Crippen molar-refractivity contribution in [3.8, 4) is 11.5 Å². The fourth-order valence-corrected chi connectivity index (χ4v) is 3.07. The molecule has 0 saturated carbocycles. The van der Waals surface area contributed by atoms with Gasteiger partial charge < -0.3 is 19.5 Å². The maximum Gasteiger partial charge on any atom is 0.303 e. The van der Waals surface area contributed by atoms with Crippen molar-refractivity contribution in [3.05, 3.63) is 18.2 Å². The van der Waals surface area contributed by atoms with E-state index in [4.69, 9.17) is 14.6 Å². The van der Waals surface area contributed by atoms with Gasteiger partial charge in [-0.25, -0.2) is 0 Å². The number of carbonyl (C=O) groups excluding carboxylic acids is 1. The van der Waals surface area contributed by atoms with Crippen molar-refractivity contribution in [1.29, 1.82) is 0 Å². The van der Waals surface area contributed by atoms with Crippen molar-refractivity contribution in [1.82, 2.24) is 4.90 Å². The highest BCUT2D eigenvalue weighted by Crippen LogP contribution is 2.31. The number of unbranched alkanes of at least 4 members (excludes halogenated alkanes) is 1. The first-order valence-electron chi connectivity index (χ1n) is 8.42. The number of aliphatic carboxylic acids is 1. The third-order valence-corrected chi connectivity index (χ3v) is 4.51. The summed E-state index contributed by atoms with van der Waals surface area (Å²) in [6.45, 7) is 1.35. The standard InChI is InChI=1S/C18H26N2O5.ClH/c1-19(8-5-4-6-17(21)22)16-7-9-20(18(16)23)13-10-14(24-2)12-15(11-13)25-3;/h10-12,16H,4-9H2,1-3H3,(H,21,22);1H. The van der Waals surface area contributed by atoms with Crippen LogP contribution in [0, 0.1) is 0 Å². The van der Waals surface area contributed by atoms with E-state index < -0.39 is 5.97 Å². The van der Waals surface area contributed by atoms with Gasteiger partial charge in [0, 0.05) is 31.2 Å². The molecule has 8 heteroatoms. The molecule has 0 aliphatic carbocycles. The van der Waals surface area contributed by atoms with E-state index in [9.17, 15) is 9.59 Å². The van der Waals surface area contributed by atoms with Crippen molar-refractivity contribution in [2.45, 2.75) is 31.7 Å².